The fourth-order valence-corrected chi connectivity index (χ4v) is 20.4. The van der Waals surface area contributed by atoms with Crippen molar-refractivity contribution >= 4 is 137 Å². The van der Waals surface area contributed by atoms with Crippen LogP contribution < -0.4 is 24.3 Å². The van der Waals surface area contributed by atoms with E-state index in [1.54, 1.807) is 48.5 Å². The number of morpholine rings is 1. The first-order valence-corrected chi connectivity index (χ1v) is 48.4. The van der Waals surface area contributed by atoms with Crippen molar-refractivity contribution in [3.8, 4) is 113 Å². The van der Waals surface area contributed by atoms with E-state index in [4.69, 9.17) is 86.6 Å². The van der Waals surface area contributed by atoms with Gasteiger partial charge >= 0.3 is 0 Å². The quantitative estimate of drug-likeness (QED) is 0.0438. The zero-order valence-corrected chi connectivity index (χ0v) is 84.5. The lowest BCUT2D eigenvalue weighted by atomic mass is 9.98. The average molecular weight is 1960 g/mol. The van der Waals surface area contributed by atoms with Gasteiger partial charge in [0.2, 0.25) is 0 Å². The highest BCUT2D eigenvalue weighted by atomic mass is 16.5. The third-order valence-corrected chi connectivity index (χ3v) is 27.1. The lowest BCUT2D eigenvalue weighted by Crippen LogP contribution is -2.36. The van der Waals surface area contributed by atoms with Crippen LogP contribution in [0.2, 0.25) is 0 Å². The van der Waals surface area contributed by atoms with E-state index in [1.807, 2.05) is 197 Å². The Bertz CT molecular complexity index is 9220. The number of aryl methyl sites for hydroxylation is 10. The largest absolute Gasteiger partial charge is 0.496 e. The molecule has 17 heterocycles. The van der Waals surface area contributed by atoms with Crippen molar-refractivity contribution in [2.45, 2.75) is 95.2 Å². The predicted molar refractivity (Wildman–Crippen MR) is 572 cm³/mol. The first-order chi connectivity index (χ1) is 71.2. The molecule has 1 aliphatic heterocycles. The number of aromatic nitrogens is 20. The van der Waals surface area contributed by atoms with Gasteiger partial charge in [-0.3, -0.25) is 19.9 Å². The van der Waals surface area contributed by atoms with Crippen LogP contribution in [0, 0.1) is 69.2 Å². The molecule has 1 aliphatic rings. The predicted octanol–water partition coefficient (Wildman–Crippen LogP) is 23.1. The minimum atomic E-state index is -1.23. The second kappa shape index (κ2) is 38.4. The van der Waals surface area contributed by atoms with Crippen LogP contribution in [0.3, 0.4) is 0 Å². The second-order valence-corrected chi connectivity index (χ2v) is 37.6. The monoisotopic (exact) mass is 1960 g/mol. The van der Waals surface area contributed by atoms with Gasteiger partial charge in [0.1, 0.15) is 97.5 Å². The van der Waals surface area contributed by atoms with E-state index in [-0.39, 0.29) is 0 Å². The molecule has 1 saturated heterocycles. The Morgan fingerprint density at radius 2 is 0.701 bits per heavy atom. The van der Waals surface area contributed by atoms with Crippen molar-refractivity contribution in [1.82, 2.24) is 110 Å². The number of nitrogens with one attached hydrogen (secondary N) is 5. The van der Waals surface area contributed by atoms with Gasteiger partial charge in [-0.25, -0.2) is 44.9 Å². The summed E-state index contributed by atoms with van der Waals surface area (Å²) in [6, 6.07) is 56.9. The van der Waals surface area contributed by atoms with Crippen LogP contribution in [-0.2, 0) is 16.9 Å². The van der Waals surface area contributed by atoms with E-state index >= 15 is 0 Å². The molecule has 8 aromatic carbocycles. The zero-order valence-electron chi connectivity index (χ0n) is 84.5. The highest BCUT2D eigenvalue weighted by Gasteiger charge is 2.32. The average Bonchev–Trinajstić information content (AvgIpc) is 1.65. The highest BCUT2D eigenvalue weighted by molar-refractivity contribution is 6.20. The summed E-state index contributed by atoms with van der Waals surface area (Å²) in [5.41, 5.74) is 26.9. The van der Waals surface area contributed by atoms with Crippen molar-refractivity contribution in [2.24, 2.45) is 0 Å². The van der Waals surface area contributed by atoms with Crippen molar-refractivity contribution in [3.63, 3.8) is 0 Å². The zero-order chi connectivity index (χ0) is 102. The number of para-hydroxylation sites is 4. The van der Waals surface area contributed by atoms with E-state index in [1.165, 1.54) is 0 Å². The Balaban J connectivity index is 0.000000112. The van der Waals surface area contributed by atoms with Crippen molar-refractivity contribution in [3.05, 3.63) is 258 Å². The number of nitrogens with zero attached hydrogens (tertiary/aromatic N) is 18. The molecule has 0 radical (unpaired) electrons. The second-order valence-electron chi connectivity index (χ2n) is 37.6. The summed E-state index contributed by atoms with van der Waals surface area (Å²) in [4.78, 5) is 76.2. The van der Waals surface area contributed by atoms with Gasteiger partial charge < -0.3 is 77.0 Å². The molecule has 6 N–H and O–H groups in total. The number of anilines is 1. The Morgan fingerprint density at radius 3 is 1.05 bits per heavy atom. The van der Waals surface area contributed by atoms with E-state index < -0.39 is 5.60 Å². The van der Waals surface area contributed by atoms with Crippen LogP contribution >= 0.6 is 0 Å². The van der Waals surface area contributed by atoms with Gasteiger partial charge in [0.15, 0.2) is 5.82 Å². The van der Waals surface area contributed by atoms with Crippen LogP contribution in [0.4, 0.5) is 5.82 Å². The number of likely N-dealkylation sites (N-methyl/N-ethyl adjacent to an activating group) is 1. The molecule has 0 bridgehead atoms. The van der Waals surface area contributed by atoms with Gasteiger partial charge in [0.25, 0.3) is 0 Å². The first-order valence-electron chi connectivity index (χ1n) is 48.4. The fraction of sp³-hybridized carbons (Fsp3) is 0.228. The maximum Gasteiger partial charge on any atom is 0.162 e. The molecule has 0 spiro atoms. The first kappa shape index (κ1) is 94.5. The topological polar surface area (TPSA) is 407 Å². The summed E-state index contributed by atoms with van der Waals surface area (Å²) in [6.45, 7) is 28.0. The number of benzene rings is 8. The molecular formula is C114H105N23O10. The molecule has 0 unspecified atom stereocenters. The minimum absolute atomic E-state index is 0.329. The molecule has 0 atom stereocenters. The van der Waals surface area contributed by atoms with Gasteiger partial charge in [0.05, 0.1) is 160 Å². The smallest absolute Gasteiger partial charge is 0.162 e. The maximum atomic E-state index is 10.8. The van der Waals surface area contributed by atoms with Crippen LogP contribution in [0.15, 0.2) is 207 Å². The number of pyridine rings is 4. The standard InChI is InChI=1S/C30H31N7O2.C30H28N6O3.C28H25N5O3.C26H21N5O2/c1-16-27(17(2)39-36-16)22-13-24-21(14-25(22)38-6)28-29(32-18(3)33-30(28)35-24)20-15-26(31-11-12-37(4)5)34-23-10-8-7-9-19(20)23;1-17-27(18(2)39-35-17)22-14-24-21(15-25(22)37-3)28-29(20-8-9-31-23-7-5-4-6-19(20)23)33-26(34-30(28)32-24)16-36-10-12-38-13-11-36;1-14-23(15(2)36-33-14)19-12-21-18(13-22(19)35-5)24-25(31-27(28(3,4)34)32-26(24)30-21)17-10-11-29-20-9-7-6-8-16(17)20;1-13-23(14(2)33-31-13)19-11-21-18(12-22(19)32-4)24-25(28-15(3)29-26(24)30-21)17-9-10-27-20-8-6-5-7-16(17)20/h7-10,13-15H,11-12H2,1-6H3,(H,31,34)(H,32,33,35);4-9,14-15H,10-13,16H2,1-3H3,(H,32,33,34);6-13,34H,1-5H3,(H,30,31,32);5-12H,1-4H3,(H,28,29,30). The van der Waals surface area contributed by atoms with Crippen molar-refractivity contribution < 1.29 is 46.9 Å². The number of hydrogen-bond acceptors (Lipinski definition) is 29. The minimum Gasteiger partial charge on any atom is -0.496 e. The summed E-state index contributed by atoms with van der Waals surface area (Å²) in [6.07, 6.45) is 5.45. The molecule has 33 heteroatoms. The van der Waals surface area contributed by atoms with Gasteiger partial charge in [-0.2, -0.15) is 0 Å². The summed E-state index contributed by atoms with van der Waals surface area (Å²) in [7, 11) is 10.8. The van der Waals surface area contributed by atoms with Crippen LogP contribution in [0.1, 0.15) is 83.0 Å². The Morgan fingerprint density at radius 1 is 0.367 bits per heavy atom. The summed E-state index contributed by atoms with van der Waals surface area (Å²) >= 11 is 0. The molecule has 0 saturated carbocycles. The van der Waals surface area contributed by atoms with Gasteiger partial charge in [-0.05, 0) is 194 Å². The molecule has 736 valence electrons. The van der Waals surface area contributed by atoms with Gasteiger partial charge in [-0.15, -0.1) is 0 Å². The molecule has 147 heavy (non-hydrogen) atoms. The third kappa shape index (κ3) is 17.4. The maximum absolute atomic E-state index is 10.8. The van der Waals surface area contributed by atoms with Crippen molar-refractivity contribution in [2.75, 3.05) is 87.2 Å². The number of hydrogen-bond donors (Lipinski definition) is 6. The number of rotatable bonds is 19. The Labute approximate surface area is 842 Å². The molecular weight excluding hydrogens is 1850 g/mol. The summed E-state index contributed by atoms with van der Waals surface area (Å²) in [5, 5.41) is 42.5. The fourth-order valence-electron chi connectivity index (χ4n) is 20.4. The molecule has 0 aliphatic carbocycles. The Hall–Kier alpha value is -17.4. The lowest BCUT2D eigenvalue weighted by molar-refractivity contribution is 0.0331. The molecule has 0 amide bonds. The number of fused-ring (bicyclic) bond motifs is 16. The van der Waals surface area contributed by atoms with Crippen LogP contribution in [-0.4, -0.2) is 197 Å². The van der Waals surface area contributed by atoms with Gasteiger partial charge in [0, 0.05) is 154 Å². The van der Waals surface area contributed by atoms with E-state index in [0.717, 1.165) is 318 Å². The van der Waals surface area contributed by atoms with E-state index in [0.29, 0.717) is 46.9 Å². The summed E-state index contributed by atoms with van der Waals surface area (Å²) in [5.74, 6) is 9.15. The number of H-pyrrole nitrogens is 4. The van der Waals surface area contributed by atoms with E-state index in [9.17, 15) is 5.11 Å². The number of aromatic amines is 4. The molecule has 1 fully saturated rings. The highest BCUT2D eigenvalue weighted by Crippen LogP contribution is 2.50. The number of methoxy groups -OCH3 is 4. The molecule has 33 nitrogen and oxygen atoms in total. The Kier molecular flexibility index (Phi) is 24.7. The third-order valence-electron chi connectivity index (χ3n) is 27.1. The molecule has 16 aromatic heterocycles. The van der Waals surface area contributed by atoms with Crippen LogP contribution in [0.25, 0.3) is 221 Å². The van der Waals surface area contributed by atoms with E-state index in [2.05, 4.69) is 139 Å². The SMILES string of the molecule is COc1cc2c(cc1-c1c(C)noc1C)[nH]c1nc(C(C)(C)O)nc(-c3ccnc4ccccc34)c12.COc1cc2c(cc1-c1c(C)noc1C)[nH]c1nc(C)nc(-c3cc(NCCN(C)C)nc4ccccc34)c12.COc1cc2c(cc1-c1c(C)noc1C)[nH]c1nc(C)nc(-c3ccnc4ccccc34)c12.COc1cc2c(cc1-c1c(C)noc1C)[nH]c1nc(CN3CCOCC3)nc(-c3ccnc4ccccc34)c12. The molecule has 24 aromatic rings. The molecule has 25 rings (SSSR count). The summed E-state index contributed by atoms with van der Waals surface area (Å²) < 4.78 is 50.7. The number of aliphatic hydroxyl groups is 1. The van der Waals surface area contributed by atoms with Gasteiger partial charge in [-0.1, -0.05) is 93.4 Å². The normalized spacial score (nSPS) is 12.6. The van der Waals surface area contributed by atoms with Crippen molar-refractivity contribution in [1.29, 1.82) is 0 Å². The van der Waals surface area contributed by atoms with Crippen LogP contribution in [0.5, 0.6) is 23.0 Å². The lowest BCUT2D eigenvalue weighted by Gasteiger charge is -2.25. The number of ether oxygens (including phenoxy) is 5.